The van der Waals surface area contributed by atoms with Crippen LogP contribution in [0.3, 0.4) is 0 Å². The average Bonchev–Trinajstić information content (AvgIpc) is 2.88. The lowest BCUT2D eigenvalue weighted by atomic mass is 9.97. The molecule has 0 spiro atoms. The van der Waals surface area contributed by atoms with Crippen LogP contribution in [0.5, 0.6) is 11.5 Å². The van der Waals surface area contributed by atoms with Crippen LogP contribution in [-0.2, 0) is 24.3 Å². The first-order valence-electron chi connectivity index (χ1n) is 11.3. The SMILES string of the molecule is CCOc1ccc(S(=O)(=O)N2CCC[C@@H](C(=O)N3C[C@@H](C(=O)OC)Oc4ccccc43)C2)cc1Cl. The van der Waals surface area contributed by atoms with Crippen LogP contribution < -0.4 is 14.4 Å². The van der Waals surface area contributed by atoms with Crippen LogP contribution in [0.2, 0.25) is 5.02 Å². The van der Waals surface area contributed by atoms with E-state index in [9.17, 15) is 18.0 Å². The van der Waals surface area contributed by atoms with Crippen LogP contribution >= 0.6 is 11.6 Å². The number of hydrogen-bond donors (Lipinski definition) is 0. The van der Waals surface area contributed by atoms with E-state index in [1.807, 2.05) is 6.92 Å². The summed E-state index contributed by atoms with van der Waals surface area (Å²) in [5, 5.41) is 0.205. The number of methoxy groups -OCH3 is 1. The van der Waals surface area contributed by atoms with Gasteiger partial charge in [-0.2, -0.15) is 4.31 Å². The molecule has 0 bridgehead atoms. The molecule has 0 aliphatic carbocycles. The fourth-order valence-corrected chi connectivity index (χ4v) is 6.19. The summed E-state index contributed by atoms with van der Waals surface area (Å²) in [6, 6.07) is 11.3. The van der Waals surface area contributed by atoms with Crippen molar-refractivity contribution in [2.24, 2.45) is 5.92 Å². The van der Waals surface area contributed by atoms with Gasteiger partial charge in [-0.15, -0.1) is 0 Å². The molecule has 2 aliphatic rings. The number of piperidine rings is 1. The molecule has 1 fully saturated rings. The number of rotatable bonds is 6. The van der Waals surface area contributed by atoms with Crippen LogP contribution in [0, 0.1) is 5.92 Å². The van der Waals surface area contributed by atoms with E-state index in [-0.39, 0.29) is 28.9 Å². The molecule has 1 amide bonds. The number of fused-ring (bicyclic) bond motifs is 1. The third-order valence-corrected chi connectivity index (χ3v) is 8.23. The van der Waals surface area contributed by atoms with Gasteiger partial charge < -0.3 is 19.1 Å². The highest BCUT2D eigenvalue weighted by Gasteiger charge is 2.40. The van der Waals surface area contributed by atoms with Gasteiger partial charge in [-0.25, -0.2) is 13.2 Å². The van der Waals surface area contributed by atoms with Crippen molar-refractivity contribution in [3.63, 3.8) is 0 Å². The predicted molar refractivity (Wildman–Crippen MR) is 129 cm³/mol. The minimum Gasteiger partial charge on any atom is -0.492 e. The largest absolute Gasteiger partial charge is 0.492 e. The number of carbonyl (C=O) groups excluding carboxylic acids is 2. The minimum atomic E-state index is -3.88. The van der Waals surface area contributed by atoms with Crippen LogP contribution in [0.25, 0.3) is 0 Å². The summed E-state index contributed by atoms with van der Waals surface area (Å²) in [7, 11) is -2.62. The third-order valence-electron chi connectivity index (χ3n) is 6.08. The standard InChI is InChI=1S/C24H27ClN2O7S/c1-3-33-20-11-10-17(13-18(20)25)35(30,31)26-12-6-7-16(14-26)23(28)27-15-22(24(29)32-2)34-21-9-5-4-8-19(21)27/h4-5,8-11,13,16,22H,3,6-7,12,14-15H2,1-2H3/t16-,22+/m1/s1. The van der Waals surface area contributed by atoms with E-state index in [4.69, 9.17) is 25.8 Å². The fourth-order valence-electron chi connectivity index (χ4n) is 4.34. The highest BCUT2D eigenvalue weighted by atomic mass is 35.5. The van der Waals surface area contributed by atoms with Crippen molar-refractivity contribution < 1.29 is 32.2 Å². The zero-order valence-corrected chi connectivity index (χ0v) is 21.0. The first-order chi connectivity index (χ1) is 16.8. The number of benzene rings is 2. The Kier molecular flexibility index (Phi) is 7.53. The van der Waals surface area contributed by atoms with Gasteiger partial charge in [-0.3, -0.25) is 4.79 Å². The second-order valence-corrected chi connectivity index (χ2v) is 10.6. The molecule has 9 nitrogen and oxygen atoms in total. The predicted octanol–water partition coefficient (Wildman–Crippen LogP) is 3.11. The van der Waals surface area contributed by atoms with Crippen LogP contribution in [0.4, 0.5) is 5.69 Å². The molecule has 188 valence electrons. The van der Waals surface area contributed by atoms with Crippen molar-refractivity contribution in [2.45, 2.75) is 30.8 Å². The van der Waals surface area contributed by atoms with Gasteiger partial charge in [0.05, 0.1) is 41.8 Å². The molecule has 35 heavy (non-hydrogen) atoms. The second kappa shape index (κ2) is 10.4. The van der Waals surface area contributed by atoms with E-state index in [1.54, 1.807) is 24.3 Å². The Labute approximate surface area is 209 Å². The molecular formula is C24H27ClN2O7S. The summed E-state index contributed by atoms with van der Waals surface area (Å²) >= 11 is 6.21. The Balaban J connectivity index is 1.56. The number of halogens is 1. The summed E-state index contributed by atoms with van der Waals surface area (Å²) in [6.45, 7) is 2.52. The molecule has 0 saturated carbocycles. The molecule has 4 rings (SSSR count). The van der Waals surface area contributed by atoms with Gasteiger partial charge in [0, 0.05) is 13.1 Å². The number of amides is 1. The smallest absolute Gasteiger partial charge is 0.348 e. The number of nitrogens with zero attached hydrogens (tertiary/aromatic N) is 2. The van der Waals surface area contributed by atoms with Gasteiger partial charge in [-0.1, -0.05) is 23.7 Å². The molecule has 2 aliphatic heterocycles. The maximum absolute atomic E-state index is 13.6. The van der Waals surface area contributed by atoms with Gasteiger partial charge in [-0.05, 0) is 50.1 Å². The molecule has 11 heteroatoms. The molecule has 2 heterocycles. The number of para-hydroxylation sites is 2. The van der Waals surface area contributed by atoms with Crippen LogP contribution in [-0.4, -0.2) is 64.1 Å². The zero-order chi connectivity index (χ0) is 25.2. The van der Waals surface area contributed by atoms with Crippen molar-refractivity contribution in [1.82, 2.24) is 4.31 Å². The number of anilines is 1. The average molecular weight is 523 g/mol. The van der Waals surface area contributed by atoms with Crippen molar-refractivity contribution in [1.29, 1.82) is 0 Å². The van der Waals surface area contributed by atoms with Gasteiger partial charge in [0.15, 0.2) is 0 Å². The van der Waals surface area contributed by atoms with Gasteiger partial charge in [0.2, 0.25) is 22.0 Å². The molecular weight excluding hydrogens is 496 g/mol. The number of sulfonamides is 1. The Bertz CT molecular complexity index is 1220. The lowest BCUT2D eigenvalue weighted by molar-refractivity contribution is -0.148. The quantitative estimate of drug-likeness (QED) is 0.537. The highest BCUT2D eigenvalue weighted by molar-refractivity contribution is 7.89. The number of carbonyl (C=O) groups is 2. The maximum Gasteiger partial charge on any atom is 0.348 e. The molecule has 0 aromatic heterocycles. The summed E-state index contributed by atoms with van der Waals surface area (Å²) in [5.74, 6) is -0.629. The highest BCUT2D eigenvalue weighted by Crippen LogP contribution is 2.36. The monoisotopic (exact) mass is 522 g/mol. The van der Waals surface area contributed by atoms with E-state index in [0.717, 1.165) is 0 Å². The van der Waals surface area contributed by atoms with E-state index >= 15 is 0 Å². The van der Waals surface area contributed by atoms with E-state index in [2.05, 4.69) is 0 Å². The Morgan fingerprint density at radius 3 is 2.66 bits per heavy atom. The number of esters is 1. The summed E-state index contributed by atoms with van der Waals surface area (Å²) < 4.78 is 44.0. The third kappa shape index (κ3) is 5.10. The van der Waals surface area contributed by atoms with Crippen molar-refractivity contribution in [3.05, 3.63) is 47.5 Å². The lowest BCUT2D eigenvalue weighted by Gasteiger charge is -2.38. The van der Waals surface area contributed by atoms with Gasteiger partial charge in [0.1, 0.15) is 11.5 Å². The first-order valence-corrected chi connectivity index (χ1v) is 13.2. The summed E-state index contributed by atoms with van der Waals surface area (Å²) in [4.78, 5) is 27.3. The van der Waals surface area contributed by atoms with Crippen LogP contribution in [0.1, 0.15) is 19.8 Å². The van der Waals surface area contributed by atoms with Crippen LogP contribution in [0.15, 0.2) is 47.4 Å². The van der Waals surface area contributed by atoms with Gasteiger partial charge >= 0.3 is 5.97 Å². The Hall–Kier alpha value is -2.82. The Morgan fingerprint density at radius 1 is 1.17 bits per heavy atom. The molecule has 2 aromatic carbocycles. The lowest BCUT2D eigenvalue weighted by Crippen LogP contribution is -2.52. The summed E-state index contributed by atoms with van der Waals surface area (Å²) in [5.41, 5.74) is 0.538. The van der Waals surface area contributed by atoms with E-state index in [1.165, 1.54) is 34.5 Å². The molecule has 2 aromatic rings. The minimum absolute atomic E-state index is 0.0136. The Morgan fingerprint density at radius 2 is 1.94 bits per heavy atom. The normalized spacial score (nSPS) is 20.5. The second-order valence-electron chi connectivity index (χ2n) is 8.27. The van der Waals surface area contributed by atoms with Gasteiger partial charge in [0.25, 0.3) is 0 Å². The number of ether oxygens (including phenoxy) is 3. The van der Waals surface area contributed by atoms with Crippen molar-refractivity contribution >= 4 is 39.2 Å². The van der Waals surface area contributed by atoms with Crippen molar-refractivity contribution in [2.75, 3.05) is 38.3 Å². The molecule has 2 atom stereocenters. The maximum atomic E-state index is 13.6. The van der Waals surface area contributed by atoms with Crippen molar-refractivity contribution in [3.8, 4) is 11.5 Å². The molecule has 1 saturated heterocycles. The van der Waals surface area contributed by atoms with E-state index < -0.39 is 28.0 Å². The first kappa shape index (κ1) is 25.3. The van der Waals surface area contributed by atoms with E-state index in [0.29, 0.717) is 43.2 Å². The zero-order valence-electron chi connectivity index (χ0n) is 19.5. The molecule has 0 N–H and O–H groups in total. The number of hydrogen-bond acceptors (Lipinski definition) is 7. The summed E-state index contributed by atoms with van der Waals surface area (Å²) in [6.07, 6.45) is 0.0812. The fraction of sp³-hybridized carbons (Fsp3) is 0.417. The topological polar surface area (TPSA) is 102 Å². The molecule has 0 unspecified atom stereocenters. The molecule has 0 radical (unpaired) electrons.